The summed E-state index contributed by atoms with van der Waals surface area (Å²) < 4.78 is 0. The molecule has 4 heteroatoms. The molecule has 0 fully saturated rings. The molecular formula is C11H20O4. The number of carboxylic acid groups (broad SMARTS) is 2. The summed E-state index contributed by atoms with van der Waals surface area (Å²) in [5.41, 5.74) is 0.176. The summed E-state index contributed by atoms with van der Waals surface area (Å²) in [6, 6.07) is 0. The van der Waals surface area contributed by atoms with Crippen molar-refractivity contribution in [2.45, 2.75) is 20.8 Å². The molecule has 0 aliphatic rings. The van der Waals surface area contributed by atoms with Gasteiger partial charge >= 0.3 is 11.9 Å². The van der Waals surface area contributed by atoms with E-state index in [0.29, 0.717) is 0 Å². The smallest absolute Gasteiger partial charge is 0.330 e. The summed E-state index contributed by atoms with van der Waals surface area (Å²) in [6.07, 6.45) is 0.833. The van der Waals surface area contributed by atoms with Crippen molar-refractivity contribution in [3.8, 4) is 0 Å². The van der Waals surface area contributed by atoms with E-state index in [0.717, 1.165) is 6.08 Å². The van der Waals surface area contributed by atoms with E-state index < -0.39 is 11.9 Å². The molecule has 88 valence electrons. The first kappa shape index (κ1) is 23.3. The van der Waals surface area contributed by atoms with E-state index in [2.05, 4.69) is 27.0 Å². The normalized spacial score (nSPS) is 5.93. The molecule has 0 bridgehead atoms. The molecule has 0 aromatic carbocycles. The van der Waals surface area contributed by atoms with Crippen molar-refractivity contribution in [1.82, 2.24) is 0 Å². The summed E-state index contributed by atoms with van der Waals surface area (Å²) in [5.74, 6) is -1.92. The fourth-order valence-corrected chi connectivity index (χ4v) is 0. The minimum atomic E-state index is -0.981. The van der Waals surface area contributed by atoms with Crippen LogP contribution in [0.3, 0.4) is 0 Å². The van der Waals surface area contributed by atoms with Crippen LogP contribution in [0.25, 0.3) is 0 Å². The number of rotatable bonds is 2. The lowest BCUT2D eigenvalue weighted by molar-refractivity contribution is -0.133. The first-order chi connectivity index (χ1) is 6.91. The number of carboxylic acids is 2. The van der Waals surface area contributed by atoms with Gasteiger partial charge in [0.05, 0.1) is 0 Å². The van der Waals surface area contributed by atoms with Gasteiger partial charge in [0.25, 0.3) is 0 Å². The maximum Gasteiger partial charge on any atom is 0.330 e. The average Bonchev–Trinajstić information content (AvgIpc) is 2.24. The SMILES string of the molecule is C=C(C)C(=O)O.C=CC(=O)O.[CH2]C.[CH2]C. The zero-order chi connectivity index (χ0) is 13.4. The second-order valence-electron chi connectivity index (χ2n) is 1.63. The Balaban J connectivity index is -0.0000000610. The number of aliphatic carboxylic acids is 2. The minimum absolute atomic E-state index is 0.176. The lowest BCUT2D eigenvalue weighted by Crippen LogP contribution is -1.92. The molecule has 0 amide bonds. The molecular weight excluding hydrogens is 196 g/mol. The van der Waals surface area contributed by atoms with Crippen molar-refractivity contribution in [2.75, 3.05) is 0 Å². The van der Waals surface area contributed by atoms with E-state index in [9.17, 15) is 9.59 Å². The van der Waals surface area contributed by atoms with Crippen LogP contribution < -0.4 is 0 Å². The second-order valence-corrected chi connectivity index (χ2v) is 1.63. The minimum Gasteiger partial charge on any atom is -0.478 e. The molecule has 0 heterocycles. The Morgan fingerprint density at radius 2 is 1.20 bits per heavy atom. The van der Waals surface area contributed by atoms with Crippen LogP contribution >= 0.6 is 0 Å². The van der Waals surface area contributed by atoms with Gasteiger partial charge in [0.15, 0.2) is 0 Å². The molecule has 15 heavy (non-hydrogen) atoms. The van der Waals surface area contributed by atoms with Crippen molar-refractivity contribution in [1.29, 1.82) is 0 Å². The third-order valence-electron chi connectivity index (χ3n) is 0.540. The quantitative estimate of drug-likeness (QED) is 0.696. The zero-order valence-corrected chi connectivity index (χ0v) is 9.62. The predicted molar refractivity (Wildman–Crippen MR) is 62.3 cm³/mol. The van der Waals surface area contributed by atoms with Crippen molar-refractivity contribution < 1.29 is 19.8 Å². The van der Waals surface area contributed by atoms with Crippen LogP contribution in [0.2, 0.25) is 0 Å². The van der Waals surface area contributed by atoms with Gasteiger partial charge < -0.3 is 10.2 Å². The van der Waals surface area contributed by atoms with Crippen LogP contribution in [0, 0.1) is 13.8 Å². The zero-order valence-electron chi connectivity index (χ0n) is 9.62. The number of hydrogen-bond acceptors (Lipinski definition) is 2. The summed E-state index contributed by atoms with van der Waals surface area (Å²) in [7, 11) is 0. The Hall–Kier alpha value is -1.58. The molecule has 0 aromatic heterocycles. The maximum absolute atomic E-state index is 9.60. The summed E-state index contributed by atoms with van der Waals surface area (Å²) in [5, 5.41) is 15.5. The van der Waals surface area contributed by atoms with E-state index in [1.165, 1.54) is 6.92 Å². The fraction of sp³-hybridized carbons (Fsp3) is 0.273. The molecule has 4 nitrogen and oxygen atoms in total. The van der Waals surface area contributed by atoms with Crippen LogP contribution in [0.1, 0.15) is 20.8 Å². The molecule has 0 aromatic rings. The fourth-order valence-electron chi connectivity index (χ4n) is 0. The molecule has 0 unspecified atom stereocenters. The summed E-state index contributed by atoms with van der Waals surface area (Å²) in [6.45, 7) is 17.6. The van der Waals surface area contributed by atoms with Crippen LogP contribution in [0.5, 0.6) is 0 Å². The largest absolute Gasteiger partial charge is 0.478 e. The van der Waals surface area contributed by atoms with Crippen molar-refractivity contribution >= 4 is 11.9 Å². The summed E-state index contributed by atoms with van der Waals surface area (Å²) in [4.78, 5) is 18.8. The standard InChI is InChI=1S/C4H6O2.C3H4O2.2C2H5/c1-3(2)4(5)6;1-2-3(4)5;2*1-2/h1H2,2H3,(H,5,6);2H,1H2,(H,4,5);2*1H2,2H3. The molecule has 0 rings (SSSR count). The van der Waals surface area contributed by atoms with E-state index in [-0.39, 0.29) is 5.57 Å². The molecule has 2 radical (unpaired) electrons. The first-order valence-corrected chi connectivity index (χ1v) is 4.07. The molecule has 0 spiro atoms. The lowest BCUT2D eigenvalue weighted by atomic mass is 10.4. The van der Waals surface area contributed by atoms with Gasteiger partial charge in [0.2, 0.25) is 0 Å². The van der Waals surface area contributed by atoms with Gasteiger partial charge in [-0.2, -0.15) is 0 Å². The summed E-state index contributed by atoms with van der Waals surface area (Å²) >= 11 is 0. The van der Waals surface area contributed by atoms with E-state index in [1.54, 1.807) is 13.8 Å². The van der Waals surface area contributed by atoms with Crippen LogP contribution in [0.4, 0.5) is 0 Å². The van der Waals surface area contributed by atoms with Crippen LogP contribution in [-0.2, 0) is 9.59 Å². The van der Waals surface area contributed by atoms with Gasteiger partial charge in [-0.25, -0.2) is 9.59 Å². The highest BCUT2D eigenvalue weighted by Gasteiger charge is 1.90. The Morgan fingerprint density at radius 3 is 1.20 bits per heavy atom. The molecule has 2 N–H and O–H groups in total. The Bertz CT molecular complexity index is 171. The Morgan fingerprint density at radius 1 is 1.07 bits per heavy atom. The van der Waals surface area contributed by atoms with Gasteiger partial charge in [0, 0.05) is 11.6 Å². The second kappa shape index (κ2) is 22.8. The molecule has 0 aliphatic carbocycles. The van der Waals surface area contributed by atoms with Gasteiger partial charge in [-0.15, -0.1) is 0 Å². The Kier molecular flexibility index (Phi) is 35.5. The van der Waals surface area contributed by atoms with Gasteiger partial charge in [0.1, 0.15) is 0 Å². The monoisotopic (exact) mass is 216 g/mol. The molecule has 0 atom stereocenters. The lowest BCUT2D eigenvalue weighted by Gasteiger charge is -1.79. The highest BCUT2D eigenvalue weighted by Crippen LogP contribution is 1.81. The number of hydrogen-bond donors (Lipinski definition) is 2. The Labute approximate surface area is 91.9 Å². The number of carbonyl (C=O) groups is 2. The van der Waals surface area contributed by atoms with Crippen LogP contribution in [0.15, 0.2) is 24.8 Å². The third-order valence-corrected chi connectivity index (χ3v) is 0.540. The maximum atomic E-state index is 9.60. The van der Waals surface area contributed by atoms with Crippen molar-refractivity contribution in [3.05, 3.63) is 38.7 Å². The highest BCUT2D eigenvalue weighted by molar-refractivity contribution is 5.84. The average molecular weight is 216 g/mol. The molecule has 0 saturated carbocycles. The van der Waals surface area contributed by atoms with Crippen molar-refractivity contribution in [2.24, 2.45) is 0 Å². The third kappa shape index (κ3) is 69.0. The van der Waals surface area contributed by atoms with E-state index in [1.807, 2.05) is 0 Å². The van der Waals surface area contributed by atoms with Gasteiger partial charge in [-0.1, -0.05) is 40.9 Å². The predicted octanol–water partition coefficient (Wildman–Crippen LogP) is 2.58. The van der Waals surface area contributed by atoms with E-state index >= 15 is 0 Å². The van der Waals surface area contributed by atoms with Crippen LogP contribution in [-0.4, -0.2) is 22.2 Å². The van der Waals surface area contributed by atoms with Crippen molar-refractivity contribution in [3.63, 3.8) is 0 Å². The van der Waals surface area contributed by atoms with Gasteiger partial charge in [-0.05, 0) is 6.92 Å². The van der Waals surface area contributed by atoms with E-state index in [4.69, 9.17) is 10.2 Å². The topological polar surface area (TPSA) is 74.6 Å². The van der Waals surface area contributed by atoms with Gasteiger partial charge in [-0.3, -0.25) is 0 Å². The molecule has 0 aliphatic heterocycles. The first-order valence-electron chi connectivity index (χ1n) is 4.07. The highest BCUT2D eigenvalue weighted by atomic mass is 16.4. The molecule has 0 saturated heterocycles.